The van der Waals surface area contributed by atoms with E-state index in [0.717, 1.165) is 24.1 Å². The Hall–Kier alpha value is -2.93. The molecule has 0 aromatic carbocycles. The van der Waals surface area contributed by atoms with E-state index in [0.29, 0.717) is 25.3 Å². The van der Waals surface area contributed by atoms with Gasteiger partial charge in [0.2, 0.25) is 5.91 Å². The first-order valence-electron chi connectivity index (χ1n) is 9.99. The number of aromatic amines is 1. The molecule has 0 saturated carbocycles. The second-order valence-electron chi connectivity index (χ2n) is 7.52. The number of amides is 1. The zero-order valence-electron chi connectivity index (χ0n) is 17.3. The van der Waals surface area contributed by atoms with Crippen LogP contribution in [0.2, 0.25) is 0 Å². The molecule has 3 rings (SSSR count). The van der Waals surface area contributed by atoms with Gasteiger partial charge in [0.15, 0.2) is 0 Å². The number of hydrogen-bond donors (Lipinski definition) is 1. The van der Waals surface area contributed by atoms with Crippen LogP contribution >= 0.6 is 0 Å². The van der Waals surface area contributed by atoms with Gasteiger partial charge in [0.05, 0.1) is 0 Å². The number of rotatable bonds is 7. The maximum absolute atomic E-state index is 12.6. The van der Waals surface area contributed by atoms with Gasteiger partial charge in [-0.15, -0.1) is 0 Å². The number of likely N-dealkylation sites (N-methyl/N-ethyl adjacent to an activating group) is 2. The molecule has 1 fully saturated rings. The van der Waals surface area contributed by atoms with Crippen molar-refractivity contribution >= 4 is 11.6 Å². The zero-order chi connectivity index (χ0) is 20.8. The summed E-state index contributed by atoms with van der Waals surface area (Å²) in [5.41, 5.74) is 2.48. The molecule has 0 spiro atoms. The first-order valence-corrected chi connectivity index (χ1v) is 9.99. The monoisotopic (exact) mass is 395 g/mol. The van der Waals surface area contributed by atoms with Gasteiger partial charge in [0.1, 0.15) is 5.69 Å². The largest absolute Gasteiger partial charge is 0.363 e. The second-order valence-corrected chi connectivity index (χ2v) is 7.52. The van der Waals surface area contributed by atoms with Gasteiger partial charge < -0.3 is 19.7 Å². The summed E-state index contributed by atoms with van der Waals surface area (Å²) in [7, 11) is 3.94. The number of carbonyl (C=O) groups is 1. The third-order valence-electron chi connectivity index (χ3n) is 5.19. The lowest BCUT2D eigenvalue weighted by atomic mass is 10.1. The smallest absolute Gasteiger partial charge is 0.271 e. The van der Waals surface area contributed by atoms with Gasteiger partial charge in [0, 0.05) is 62.5 Å². The molecular formula is C22H29N5O2. The second kappa shape index (κ2) is 9.52. The number of likely N-dealkylation sites (tertiary alicyclic amines) is 1. The van der Waals surface area contributed by atoms with Crippen LogP contribution in [0.1, 0.15) is 13.3 Å². The summed E-state index contributed by atoms with van der Waals surface area (Å²) in [5.74, 6) is 0.0323. The molecule has 2 aromatic rings. The lowest BCUT2D eigenvalue weighted by Gasteiger charge is -2.29. The minimum absolute atomic E-state index is 0.0323. The Morgan fingerprint density at radius 1 is 1.31 bits per heavy atom. The van der Waals surface area contributed by atoms with Gasteiger partial charge >= 0.3 is 0 Å². The van der Waals surface area contributed by atoms with Crippen LogP contribution < -0.4 is 10.5 Å². The molecule has 1 atom stereocenters. The molecule has 1 aliphatic rings. The number of nitrogens with one attached hydrogen (secondary N) is 1. The molecule has 7 heteroatoms. The number of H-pyrrole nitrogens is 1. The van der Waals surface area contributed by atoms with Gasteiger partial charge in [-0.25, -0.2) is 0 Å². The topological polar surface area (TPSA) is 72.5 Å². The van der Waals surface area contributed by atoms with E-state index in [1.807, 2.05) is 55.1 Å². The molecule has 154 valence electrons. The number of hydrogen-bond acceptors (Lipinski definition) is 5. The molecular weight excluding hydrogens is 366 g/mol. The van der Waals surface area contributed by atoms with Crippen LogP contribution in [0.25, 0.3) is 11.1 Å². The number of nitrogens with zero attached hydrogens (tertiary/aromatic N) is 4. The maximum atomic E-state index is 12.6. The highest BCUT2D eigenvalue weighted by molar-refractivity contribution is 5.88. The van der Waals surface area contributed by atoms with Crippen molar-refractivity contribution in [2.45, 2.75) is 19.4 Å². The third kappa shape index (κ3) is 5.12. The van der Waals surface area contributed by atoms with E-state index in [2.05, 4.69) is 14.9 Å². The van der Waals surface area contributed by atoms with Crippen LogP contribution in [-0.4, -0.2) is 72.0 Å². The molecule has 0 aliphatic carbocycles. The van der Waals surface area contributed by atoms with Crippen LogP contribution in [0.3, 0.4) is 0 Å². The SMILES string of the molecule is CCN(c1cc(-c2ccncc2)c[nH]c1=O)[C@H]1CCN(C(=O)/C=C/CN(C)C)C1. The lowest BCUT2D eigenvalue weighted by molar-refractivity contribution is -0.125. The lowest BCUT2D eigenvalue weighted by Crippen LogP contribution is -2.41. The highest BCUT2D eigenvalue weighted by Gasteiger charge is 2.30. The van der Waals surface area contributed by atoms with Crippen molar-refractivity contribution in [3.8, 4) is 11.1 Å². The van der Waals surface area contributed by atoms with Crippen LogP contribution in [0.4, 0.5) is 5.69 Å². The highest BCUT2D eigenvalue weighted by Crippen LogP contribution is 2.25. The number of aromatic nitrogens is 2. The van der Waals surface area contributed by atoms with E-state index in [4.69, 9.17) is 0 Å². The first kappa shape index (κ1) is 20.8. The fourth-order valence-electron chi connectivity index (χ4n) is 3.69. The summed E-state index contributed by atoms with van der Waals surface area (Å²) >= 11 is 0. The van der Waals surface area contributed by atoms with E-state index in [-0.39, 0.29) is 17.5 Å². The predicted molar refractivity (Wildman–Crippen MR) is 116 cm³/mol. The average Bonchev–Trinajstić information content (AvgIpc) is 3.20. The molecule has 1 N–H and O–H groups in total. The fraction of sp³-hybridized carbons (Fsp3) is 0.409. The molecule has 2 aromatic heterocycles. The van der Waals surface area contributed by atoms with E-state index in [1.54, 1.807) is 24.7 Å². The Balaban J connectivity index is 1.76. The quantitative estimate of drug-likeness (QED) is 0.726. The average molecular weight is 396 g/mol. The Labute approximate surface area is 171 Å². The molecule has 29 heavy (non-hydrogen) atoms. The van der Waals surface area contributed by atoms with Gasteiger partial charge in [-0.3, -0.25) is 14.6 Å². The molecule has 7 nitrogen and oxygen atoms in total. The summed E-state index contributed by atoms with van der Waals surface area (Å²) in [6.07, 6.45) is 9.59. The summed E-state index contributed by atoms with van der Waals surface area (Å²) in [5, 5.41) is 0. The van der Waals surface area contributed by atoms with Crippen molar-refractivity contribution in [3.63, 3.8) is 0 Å². The van der Waals surface area contributed by atoms with Crippen molar-refractivity contribution in [1.29, 1.82) is 0 Å². The van der Waals surface area contributed by atoms with Crippen LogP contribution in [0.5, 0.6) is 0 Å². The van der Waals surface area contributed by atoms with Crippen LogP contribution in [-0.2, 0) is 4.79 Å². The summed E-state index contributed by atoms with van der Waals surface area (Å²) in [6.45, 7) is 4.81. The molecule has 1 saturated heterocycles. The molecule has 1 aliphatic heterocycles. The van der Waals surface area contributed by atoms with Crippen molar-refractivity contribution in [1.82, 2.24) is 19.8 Å². The molecule has 0 unspecified atom stereocenters. The third-order valence-corrected chi connectivity index (χ3v) is 5.19. The standard InChI is InChI=1S/C22H29N5O2/c1-4-27(19-9-13-26(16-19)21(28)6-5-12-25(2)3)20-14-18(15-24-22(20)29)17-7-10-23-11-8-17/h5-8,10-11,14-15,19H,4,9,12-13,16H2,1-3H3,(H,24,29)/b6-5+/t19-/m0/s1. The number of pyridine rings is 2. The number of carbonyl (C=O) groups excluding carboxylic acids is 1. The minimum atomic E-state index is -0.111. The predicted octanol–water partition coefficient (Wildman–Crippen LogP) is 1.98. The first-order chi connectivity index (χ1) is 14.0. The summed E-state index contributed by atoms with van der Waals surface area (Å²) in [6, 6.07) is 5.90. The van der Waals surface area contributed by atoms with E-state index < -0.39 is 0 Å². The van der Waals surface area contributed by atoms with Crippen molar-refractivity contribution in [3.05, 3.63) is 59.3 Å². The van der Waals surface area contributed by atoms with E-state index in [1.165, 1.54) is 0 Å². The highest BCUT2D eigenvalue weighted by atomic mass is 16.2. The fourth-order valence-corrected chi connectivity index (χ4v) is 3.69. The van der Waals surface area contributed by atoms with Gasteiger partial charge in [-0.2, -0.15) is 0 Å². The van der Waals surface area contributed by atoms with Crippen molar-refractivity contribution < 1.29 is 4.79 Å². The molecule has 3 heterocycles. The minimum Gasteiger partial charge on any atom is -0.363 e. The Morgan fingerprint density at radius 2 is 2.07 bits per heavy atom. The molecule has 1 amide bonds. The Kier molecular flexibility index (Phi) is 6.82. The summed E-state index contributed by atoms with van der Waals surface area (Å²) < 4.78 is 0. The Morgan fingerprint density at radius 3 is 2.76 bits per heavy atom. The summed E-state index contributed by atoms with van der Waals surface area (Å²) in [4.78, 5) is 37.9. The maximum Gasteiger partial charge on any atom is 0.271 e. The zero-order valence-corrected chi connectivity index (χ0v) is 17.3. The van der Waals surface area contributed by atoms with Crippen LogP contribution in [0.15, 0.2) is 53.7 Å². The normalized spacial score (nSPS) is 16.7. The Bertz CT molecular complexity index is 907. The van der Waals surface area contributed by atoms with Gasteiger partial charge in [-0.1, -0.05) is 6.08 Å². The van der Waals surface area contributed by atoms with E-state index >= 15 is 0 Å². The molecule has 0 radical (unpaired) electrons. The van der Waals surface area contributed by atoms with Gasteiger partial charge in [-0.05, 0) is 51.2 Å². The van der Waals surface area contributed by atoms with E-state index in [9.17, 15) is 9.59 Å². The van der Waals surface area contributed by atoms with Crippen LogP contribution in [0, 0.1) is 0 Å². The number of anilines is 1. The van der Waals surface area contributed by atoms with Gasteiger partial charge in [0.25, 0.3) is 5.56 Å². The van der Waals surface area contributed by atoms with Crippen molar-refractivity contribution in [2.24, 2.45) is 0 Å². The van der Waals surface area contributed by atoms with Crippen molar-refractivity contribution in [2.75, 3.05) is 45.2 Å². The molecule has 0 bridgehead atoms.